The van der Waals surface area contributed by atoms with Crippen molar-refractivity contribution in [3.8, 4) is 12.1 Å². The van der Waals surface area contributed by atoms with Crippen LogP contribution in [0.3, 0.4) is 0 Å². The summed E-state index contributed by atoms with van der Waals surface area (Å²) in [6.45, 7) is 1.27. The maximum atomic E-state index is 12.2. The minimum absolute atomic E-state index is 0.00430. The number of halogens is 6. The highest BCUT2D eigenvalue weighted by Gasteiger charge is 2.59. The van der Waals surface area contributed by atoms with Gasteiger partial charge in [-0.25, -0.2) is 4.98 Å². The molecule has 0 aliphatic rings. The normalized spacial score (nSPS) is 12.4. The van der Waals surface area contributed by atoms with Gasteiger partial charge in [-0.05, 0) is 13.0 Å². The molecule has 10 heteroatoms. The highest BCUT2D eigenvalue weighted by atomic mass is 19.4. The third kappa shape index (κ3) is 3.97. The van der Waals surface area contributed by atoms with Crippen molar-refractivity contribution in [3.63, 3.8) is 0 Å². The molecule has 19 heavy (non-hydrogen) atoms. The van der Waals surface area contributed by atoms with E-state index >= 15 is 0 Å². The molecule has 0 aliphatic carbocycles. The molecule has 0 aromatic carbocycles. The van der Waals surface area contributed by atoms with Crippen LogP contribution in [0, 0.1) is 18.3 Å². The number of aryl methyl sites for hydroxylation is 1. The zero-order chi connectivity index (χ0) is 14.8. The number of ether oxygens (including phenoxy) is 1. The summed E-state index contributed by atoms with van der Waals surface area (Å²) >= 11 is 0. The van der Waals surface area contributed by atoms with Crippen LogP contribution >= 0.6 is 0 Å². The molecule has 104 valence electrons. The molecule has 0 aliphatic heterocycles. The largest absolute Gasteiger partial charge is 0.440 e. The van der Waals surface area contributed by atoms with Crippen LogP contribution in [0.5, 0.6) is 6.01 Å². The summed E-state index contributed by atoms with van der Waals surface area (Å²) in [5, 5.41) is 8.50. The number of hydrogen-bond donors (Lipinski definition) is 0. The van der Waals surface area contributed by atoms with E-state index in [2.05, 4.69) is 14.7 Å². The first-order valence-electron chi connectivity index (χ1n) is 4.60. The molecule has 0 fully saturated rings. The molecular formula is C9H5F6N3O. The van der Waals surface area contributed by atoms with Gasteiger partial charge in [0.15, 0.2) is 0 Å². The molecule has 1 aromatic rings. The summed E-state index contributed by atoms with van der Waals surface area (Å²) in [4.78, 5) is 6.39. The molecule has 0 bridgehead atoms. The van der Waals surface area contributed by atoms with Crippen LogP contribution < -0.4 is 4.74 Å². The minimum atomic E-state index is -5.67. The Morgan fingerprint density at radius 3 is 2.11 bits per heavy atom. The SMILES string of the molecule is Cc1cc(C#N)nc(OC(C(F)(F)F)C(F)(F)F)n1. The summed E-state index contributed by atoms with van der Waals surface area (Å²) < 4.78 is 77.1. The molecule has 0 atom stereocenters. The van der Waals surface area contributed by atoms with E-state index in [1.807, 2.05) is 0 Å². The number of rotatable bonds is 2. The quantitative estimate of drug-likeness (QED) is 0.783. The molecule has 0 saturated heterocycles. The molecule has 0 amide bonds. The zero-order valence-corrected chi connectivity index (χ0v) is 9.17. The fraction of sp³-hybridized carbons (Fsp3) is 0.444. The van der Waals surface area contributed by atoms with Gasteiger partial charge in [-0.2, -0.15) is 36.6 Å². The van der Waals surface area contributed by atoms with Gasteiger partial charge in [0.1, 0.15) is 11.8 Å². The van der Waals surface area contributed by atoms with Crippen molar-refractivity contribution in [1.82, 2.24) is 9.97 Å². The molecule has 0 radical (unpaired) electrons. The third-order valence-electron chi connectivity index (χ3n) is 1.77. The van der Waals surface area contributed by atoms with Gasteiger partial charge in [-0.3, -0.25) is 0 Å². The molecular weight excluding hydrogens is 280 g/mol. The van der Waals surface area contributed by atoms with Gasteiger partial charge in [-0.1, -0.05) is 0 Å². The first-order chi connectivity index (χ1) is 8.54. The van der Waals surface area contributed by atoms with Crippen molar-refractivity contribution in [2.75, 3.05) is 0 Å². The van der Waals surface area contributed by atoms with Gasteiger partial charge in [0.05, 0.1) is 0 Å². The maximum Gasteiger partial charge on any atom is 0.434 e. The molecule has 1 aromatic heterocycles. The Hall–Kier alpha value is -2.05. The Morgan fingerprint density at radius 2 is 1.68 bits per heavy atom. The van der Waals surface area contributed by atoms with Crippen molar-refractivity contribution < 1.29 is 31.1 Å². The van der Waals surface area contributed by atoms with Crippen LogP contribution in [0.25, 0.3) is 0 Å². The van der Waals surface area contributed by atoms with E-state index in [1.54, 1.807) is 0 Å². The van der Waals surface area contributed by atoms with E-state index in [-0.39, 0.29) is 5.69 Å². The van der Waals surface area contributed by atoms with E-state index in [0.29, 0.717) is 0 Å². The van der Waals surface area contributed by atoms with Crippen molar-refractivity contribution >= 4 is 0 Å². The average Bonchev–Trinajstić information content (AvgIpc) is 2.22. The summed E-state index contributed by atoms with van der Waals surface area (Å²) in [7, 11) is 0. The van der Waals surface area contributed by atoms with Crippen LogP contribution in [-0.4, -0.2) is 28.4 Å². The first kappa shape index (κ1) is 15.0. The zero-order valence-electron chi connectivity index (χ0n) is 9.17. The lowest BCUT2D eigenvalue weighted by molar-refractivity contribution is -0.301. The number of aromatic nitrogens is 2. The van der Waals surface area contributed by atoms with Crippen molar-refractivity contribution in [1.29, 1.82) is 5.26 Å². The summed E-state index contributed by atoms with van der Waals surface area (Å²) in [6, 6.07) is 1.40. The van der Waals surface area contributed by atoms with Gasteiger partial charge >= 0.3 is 18.4 Å². The predicted molar refractivity (Wildman–Crippen MR) is 48.0 cm³/mol. The molecule has 1 rings (SSSR count). The molecule has 1 heterocycles. The van der Waals surface area contributed by atoms with Crippen LogP contribution in [0.1, 0.15) is 11.4 Å². The van der Waals surface area contributed by atoms with Crippen LogP contribution in [0.2, 0.25) is 0 Å². The molecule has 4 nitrogen and oxygen atoms in total. The molecule has 0 N–H and O–H groups in total. The molecule has 0 saturated carbocycles. The lowest BCUT2D eigenvalue weighted by atomic mass is 10.3. The van der Waals surface area contributed by atoms with Crippen LogP contribution in [-0.2, 0) is 0 Å². The van der Waals surface area contributed by atoms with Crippen molar-refractivity contribution in [3.05, 3.63) is 17.5 Å². The smallest absolute Gasteiger partial charge is 0.434 e. The average molecular weight is 285 g/mol. The fourth-order valence-corrected chi connectivity index (χ4v) is 1.08. The maximum absolute atomic E-state index is 12.2. The van der Waals surface area contributed by atoms with Gasteiger partial charge in [-0.15, -0.1) is 0 Å². The molecule has 0 spiro atoms. The van der Waals surface area contributed by atoms with Crippen LogP contribution in [0.15, 0.2) is 6.07 Å². The number of nitriles is 1. The van der Waals surface area contributed by atoms with E-state index in [4.69, 9.17) is 5.26 Å². The lowest BCUT2D eigenvalue weighted by Crippen LogP contribution is -2.46. The van der Waals surface area contributed by atoms with E-state index in [1.165, 1.54) is 13.0 Å². The van der Waals surface area contributed by atoms with E-state index in [0.717, 1.165) is 6.07 Å². The lowest BCUT2D eigenvalue weighted by Gasteiger charge is -2.22. The van der Waals surface area contributed by atoms with Crippen molar-refractivity contribution in [2.45, 2.75) is 25.4 Å². The summed E-state index contributed by atoms with van der Waals surface area (Å²) in [5.41, 5.74) is -0.393. The van der Waals surface area contributed by atoms with Gasteiger partial charge < -0.3 is 4.74 Å². The van der Waals surface area contributed by atoms with E-state index in [9.17, 15) is 26.3 Å². The number of hydrogen-bond acceptors (Lipinski definition) is 4. The summed E-state index contributed by atoms with van der Waals surface area (Å²) in [6.07, 6.45) is -15.4. The van der Waals surface area contributed by atoms with Crippen molar-refractivity contribution in [2.24, 2.45) is 0 Å². The van der Waals surface area contributed by atoms with Gasteiger partial charge in [0.2, 0.25) is 0 Å². The first-order valence-corrected chi connectivity index (χ1v) is 4.60. The number of alkyl halides is 6. The predicted octanol–water partition coefficient (Wildman–Crippen LogP) is 2.53. The second-order valence-electron chi connectivity index (χ2n) is 3.37. The molecule has 0 unspecified atom stereocenters. The summed E-state index contributed by atoms with van der Waals surface area (Å²) in [5.74, 6) is 0. The third-order valence-corrected chi connectivity index (χ3v) is 1.77. The second kappa shape index (κ2) is 4.91. The van der Waals surface area contributed by atoms with E-state index < -0.39 is 30.2 Å². The number of nitrogens with zero attached hydrogens (tertiary/aromatic N) is 3. The Morgan fingerprint density at radius 1 is 1.16 bits per heavy atom. The Balaban J connectivity index is 3.11. The minimum Gasteiger partial charge on any atom is -0.440 e. The Kier molecular flexibility index (Phi) is 3.88. The topological polar surface area (TPSA) is 58.8 Å². The standard InChI is InChI=1S/C9H5F6N3O/c1-4-2-5(3-16)18-7(17-4)19-6(8(10,11)12)9(13,14)15/h2,6H,1H3. The van der Waals surface area contributed by atoms with Gasteiger partial charge in [0, 0.05) is 5.69 Å². The van der Waals surface area contributed by atoms with Gasteiger partial charge in [0.25, 0.3) is 6.10 Å². The Bertz CT molecular complexity index is 490. The fourth-order valence-electron chi connectivity index (χ4n) is 1.08. The highest BCUT2D eigenvalue weighted by Crippen LogP contribution is 2.35. The second-order valence-corrected chi connectivity index (χ2v) is 3.37. The van der Waals surface area contributed by atoms with Crippen LogP contribution in [0.4, 0.5) is 26.3 Å². The monoisotopic (exact) mass is 285 g/mol. The Labute approximate surface area is 102 Å². The highest BCUT2D eigenvalue weighted by molar-refractivity contribution is 5.23.